The van der Waals surface area contributed by atoms with Crippen LogP contribution in [0.2, 0.25) is 5.28 Å². The largest absolute Gasteiger partial charge is 0.478 e. The first-order chi connectivity index (χ1) is 7.50. The Morgan fingerprint density at radius 3 is 2.81 bits per heavy atom. The molecule has 0 unspecified atom stereocenters. The van der Waals surface area contributed by atoms with Crippen LogP contribution in [0.25, 0.3) is 5.78 Å². The molecule has 2 rings (SSSR count). The molecule has 2 heterocycles. The number of aromatic carboxylic acids is 1. The second-order valence-corrected chi connectivity index (χ2v) is 3.95. The predicted octanol–water partition coefficient (Wildman–Crippen LogP) is 1.60. The molecule has 2 aromatic heterocycles. The quantitative estimate of drug-likeness (QED) is 0.862. The van der Waals surface area contributed by atoms with Gasteiger partial charge >= 0.3 is 5.97 Å². The van der Waals surface area contributed by atoms with Crippen LogP contribution in [0.1, 0.15) is 35.8 Å². The fourth-order valence-corrected chi connectivity index (χ4v) is 1.70. The number of halogens is 1. The van der Waals surface area contributed by atoms with Crippen LogP contribution in [0.3, 0.4) is 0 Å². The lowest BCUT2D eigenvalue weighted by Crippen LogP contribution is -2.11. The fourth-order valence-electron chi connectivity index (χ4n) is 1.55. The number of hydrogen-bond donors (Lipinski definition) is 1. The van der Waals surface area contributed by atoms with E-state index in [4.69, 9.17) is 16.7 Å². The molecule has 0 bridgehead atoms. The molecule has 84 valence electrons. The van der Waals surface area contributed by atoms with Crippen molar-refractivity contribution in [3.8, 4) is 0 Å². The summed E-state index contributed by atoms with van der Waals surface area (Å²) < 4.78 is 1.37. The highest BCUT2D eigenvalue weighted by Crippen LogP contribution is 2.20. The SMILES string of the molecule is CC(C)c1c(C(=O)O)cnc2nc(Cl)nn12. The number of fused-ring (bicyclic) bond motifs is 1. The zero-order valence-corrected chi connectivity index (χ0v) is 9.43. The van der Waals surface area contributed by atoms with Gasteiger partial charge in [0.1, 0.15) is 0 Å². The van der Waals surface area contributed by atoms with Crippen LogP contribution >= 0.6 is 11.6 Å². The van der Waals surface area contributed by atoms with E-state index in [0.717, 1.165) is 0 Å². The molecule has 1 N–H and O–H groups in total. The average molecular weight is 241 g/mol. The first kappa shape index (κ1) is 10.8. The van der Waals surface area contributed by atoms with Gasteiger partial charge in [0.25, 0.3) is 5.78 Å². The summed E-state index contributed by atoms with van der Waals surface area (Å²) in [6, 6.07) is 0. The van der Waals surface area contributed by atoms with Crippen LogP contribution < -0.4 is 0 Å². The van der Waals surface area contributed by atoms with E-state index in [1.54, 1.807) is 0 Å². The topological polar surface area (TPSA) is 80.4 Å². The van der Waals surface area contributed by atoms with Crippen LogP contribution in [-0.2, 0) is 0 Å². The molecule has 2 aromatic rings. The molecule has 0 spiro atoms. The van der Waals surface area contributed by atoms with Gasteiger partial charge in [-0.05, 0) is 17.5 Å². The molecular weight excluding hydrogens is 232 g/mol. The van der Waals surface area contributed by atoms with Crippen molar-refractivity contribution >= 4 is 23.3 Å². The van der Waals surface area contributed by atoms with Crippen LogP contribution in [0, 0.1) is 0 Å². The van der Waals surface area contributed by atoms with E-state index < -0.39 is 5.97 Å². The summed E-state index contributed by atoms with van der Waals surface area (Å²) in [5.41, 5.74) is 0.654. The van der Waals surface area contributed by atoms with Crippen molar-refractivity contribution in [1.29, 1.82) is 0 Å². The zero-order valence-electron chi connectivity index (χ0n) is 8.68. The summed E-state index contributed by atoms with van der Waals surface area (Å²) in [7, 11) is 0. The Balaban J connectivity index is 2.83. The Labute approximate surface area is 95.9 Å². The first-order valence-electron chi connectivity index (χ1n) is 4.65. The first-order valence-corrected chi connectivity index (χ1v) is 5.03. The normalized spacial score (nSPS) is 11.2. The van der Waals surface area contributed by atoms with Gasteiger partial charge in [-0.3, -0.25) is 0 Å². The monoisotopic (exact) mass is 240 g/mol. The van der Waals surface area contributed by atoms with Gasteiger partial charge in [0.05, 0.1) is 11.3 Å². The number of carboxylic acids is 1. The van der Waals surface area contributed by atoms with Crippen LogP contribution in [0.5, 0.6) is 0 Å². The van der Waals surface area contributed by atoms with E-state index in [1.165, 1.54) is 10.7 Å². The summed E-state index contributed by atoms with van der Waals surface area (Å²) >= 11 is 5.66. The number of hydrogen-bond acceptors (Lipinski definition) is 4. The molecule has 0 aliphatic rings. The molecule has 0 amide bonds. The van der Waals surface area contributed by atoms with Gasteiger partial charge in [0, 0.05) is 6.20 Å². The van der Waals surface area contributed by atoms with Gasteiger partial charge in [-0.1, -0.05) is 13.8 Å². The fraction of sp³-hybridized carbons (Fsp3) is 0.333. The van der Waals surface area contributed by atoms with E-state index in [-0.39, 0.29) is 16.8 Å². The van der Waals surface area contributed by atoms with E-state index in [9.17, 15) is 4.79 Å². The minimum absolute atomic E-state index is 0.0191. The third-order valence-corrected chi connectivity index (χ3v) is 2.31. The standard InChI is InChI=1S/C9H9ClN4O2/c1-4(2)6-5(7(15)16)3-11-9-12-8(10)13-14(6)9/h3-4H,1-2H3,(H,15,16). The number of aromatic nitrogens is 4. The lowest BCUT2D eigenvalue weighted by molar-refractivity contribution is 0.0694. The Morgan fingerprint density at radius 1 is 1.56 bits per heavy atom. The Bertz CT molecular complexity index is 564. The average Bonchev–Trinajstić information content (AvgIpc) is 2.55. The molecule has 0 fully saturated rings. The highest BCUT2D eigenvalue weighted by atomic mass is 35.5. The molecule has 16 heavy (non-hydrogen) atoms. The van der Waals surface area contributed by atoms with Crippen molar-refractivity contribution in [2.24, 2.45) is 0 Å². The smallest absolute Gasteiger partial charge is 0.339 e. The molecule has 0 atom stereocenters. The van der Waals surface area contributed by atoms with E-state index in [2.05, 4.69) is 15.1 Å². The third-order valence-electron chi connectivity index (χ3n) is 2.15. The minimum atomic E-state index is -1.04. The summed E-state index contributed by atoms with van der Waals surface area (Å²) in [6.07, 6.45) is 1.28. The van der Waals surface area contributed by atoms with Gasteiger partial charge in [0.15, 0.2) is 0 Å². The van der Waals surface area contributed by atoms with Crippen LogP contribution in [0.4, 0.5) is 0 Å². The van der Waals surface area contributed by atoms with Crippen LogP contribution in [0.15, 0.2) is 6.20 Å². The van der Waals surface area contributed by atoms with Gasteiger partial charge in [0.2, 0.25) is 5.28 Å². The van der Waals surface area contributed by atoms with Crippen molar-refractivity contribution < 1.29 is 9.90 Å². The summed E-state index contributed by atoms with van der Waals surface area (Å²) in [4.78, 5) is 18.8. The van der Waals surface area contributed by atoms with Crippen molar-refractivity contribution in [2.45, 2.75) is 19.8 Å². The van der Waals surface area contributed by atoms with Crippen molar-refractivity contribution in [2.75, 3.05) is 0 Å². The van der Waals surface area contributed by atoms with Crippen LogP contribution in [-0.4, -0.2) is 30.7 Å². The molecule has 0 aromatic carbocycles. The molecule has 0 radical (unpaired) electrons. The maximum absolute atomic E-state index is 11.0. The molecule has 0 saturated heterocycles. The van der Waals surface area contributed by atoms with Crippen molar-refractivity contribution in [3.05, 3.63) is 22.7 Å². The second kappa shape index (κ2) is 3.71. The van der Waals surface area contributed by atoms with Gasteiger partial charge in [-0.15, -0.1) is 5.10 Å². The lowest BCUT2D eigenvalue weighted by Gasteiger charge is -2.10. The maximum atomic E-state index is 11.0. The summed E-state index contributed by atoms with van der Waals surface area (Å²) in [6.45, 7) is 3.74. The minimum Gasteiger partial charge on any atom is -0.478 e. The third kappa shape index (κ3) is 1.61. The summed E-state index contributed by atoms with van der Waals surface area (Å²) in [5, 5.41) is 13.0. The zero-order chi connectivity index (χ0) is 11.9. The summed E-state index contributed by atoms with van der Waals surface area (Å²) in [5.74, 6) is -0.752. The Hall–Kier alpha value is -1.69. The van der Waals surface area contributed by atoms with Gasteiger partial charge in [-0.25, -0.2) is 9.78 Å². The van der Waals surface area contributed by atoms with E-state index in [0.29, 0.717) is 11.5 Å². The Morgan fingerprint density at radius 2 is 2.25 bits per heavy atom. The Kier molecular flexibility index (Phi) is 2.51. The van der Waals surface area contributed by atoms with E-state index in [1.807, 2.05) is 13.8 Å². The molecule has 0 aliphatic carbocycles. The lowest BCUT2D eigenvalue weighted by atomic mass is 10.1. The number of carboxylic acid groups (broad SMARTS) is 1. The highest BCUT2D eigenvalue weighted by Gasteiger charge is 2.19. The molecule has 6 nitrogen and oxygen atoms in total. The number of carbonyl (C=O) groups is 1. The van der Waals surface area contributed by atoms with Gasteiger partial charge < -0.3 is 5.11 Å². The van der Waals surface area contributed by atoms with Crippen molar-refractivity contribution in [1.82, 2.24) is 19.6 Å². The number of rotatable bonds is 2. The number of nitrogens with zero attached hydrogens (tertiary/aromatic N) is 4. The maximum Gasteiger partial charge on any atom is 0.339 e. The molecular formula is C9H9ClN4O2. The van der Waals surface area contributed by atoms with E-state index >= 15 is 0 Å². The highest BCUT2D eigenvalue weighted by molar-refractivity contribution is 6.28. The van der Waals surface area contributed by atoms with Crippen molar-refractivity contribution in [3.63, 3.8) is 0 Å². The predicted molar refractivity (Wildman–Crippen MR) is 56.8 cm³/mol. The molecule has 7 heteroatoms. The second-order valence-electron chi connectivity index (χ2n) is 3.61. The molecule has 0 saturated carbocycles. The molecule has 0 aliphatic heterocycles. The van der Waals surface area contributed by atoms with Gasteiger partial charge in [-0.2, -0.15) is 9.50 Å².